The number of rotatable bonds is 2. The van der Waals surface area contributed by atoms with Crippen LogP contribution in [-0.4, -0.2) is 29.3 Å². The van der Waals surface area contributed by atoms with Crippen LogP contribution in [0.25, 0.3) is 10.9 Å². The zero-order valence-electron chi connectivity index (χ0n) is 13.3. The predicted octanol–water partition coefficient (Wildman–Crippen LogP) is 4.76. The minimum Gasteiger partial charge on any atom is -0.464 e. The molecule has 0 bridgehead atoms. The smallest absolute Gasteiger partial charge is 0.419 e. The summed E-state index contributed by atoms with van der Waals surface area (Å²) in [5, 5.41) is 1.60. The fourth-order valence-electron chi connectivity index (χ4n) is 2.15. The molecule has 124 valence electrons. The lowest BCUT2D eigenvalue weighted by molar-refractivity contribution is 0.0489. The summed E-state index contributed by atoms with van der Waals surface area (Å²) in [6.07, 6.45) is -0.657. The highest BCUT2D eigenvalue weighted by atomic mass is 79.9. The highest BCUT2D eigenvalue weighted by molar-refractivity contribution is 9.08. The third kappa shape index (κ3) is 3.70. The average molecular weight is 403 g/mol. The summed E-state index contributed by atoms with van der Waals surface area (Å²) in [5.74, 6) is -0.636. The highest BCUT2D eigenvalue weighted by Gasteiger charge is 2.26. The fraction of sp³-hybridized carbons (Fsp3) is 0.375. The number of aromatic nitrogens is 1. The average Bonchev–Trinajstić information content (AvgIpc) is 2.84. The number of fused-ring (bicyclic) bond motifs is 1. The van der Waals surface area contributed by atoms with Gasteiger partial charge in [0.2, 0.25) is 0 Å². The van der Waals surface area contributed by atoms with E-state index in [-0.39, 0.29) is 5.69 Å². The van der Waals surface area contributed by atoms with Gasteiger partial charge in [-0.15, -0.1) is 0 Å². The van der Waals surface area contributed by atoms with Crippen LogP contribution in [0.3, 0.4) is 0 Å². The standard InChI is InChI=1S/C16H17BrClNO4/c1-16(2,3)23-15(21)19-12-6-9(8-17)5-11(18)10(12)7-13(19)14(20)22-4/h5-7H,8H2,1-4H3. The van der Waals surface area contributed by atoms with Gasteiger partial charge in [-0.2, -0.15) is 0 Å². The maximum atomic E-state index is 12.6. The van der Waals surface area contributed by atoms with Gasteiger partial charge in [0.05, 0.1) is 17.6 Å². The number of ether oxygens (including phenoxy) is 2. The van der Waals surface area contributed by atoms with Crippen molar-refractivity contribution in [3.8, 4) is 0 Å². The summed E-state index contributed by atoms with van der Waals surface area (Å²) in [6.45, 7) is 5.27. The van der Waals surface area contributed by atoms with Gasteiger partial charge < -0.3 is 9.47 Å². The Kier molecular flexibility index (Phi) is 5.06. The summed E-state index contributed by atoms with van der Waals surface area (Å²) in [5.41, 5.74) is 0.756. The molecule has 0 aliphatic heterocycles. The van der Waals surface area contributed by atoms with Crippen LogP contribution in [0.4, 0.5) is 4.79 Å². The Morgan fingerprint density at radius 3 is 2.43 bits per heavy atom. The number of benzene rings is 1. The van der Waals surface area contributed by atoms with Crippen molar-refractivity contribution < 1.29 is 19.1 Å². The van der Waals surface area contributed by atoms with Gasteiger partial charge in [-0.3, -0.25) is 0 Å². The summed E-state index contributed by atoms with van der Waals surface area (Å²) >= 11 is 9.64. The first kappa shape index (κ1) is 17.8. The summed E-state index contributed by atoms with van der Waals surface area (Å²) < 4.78 is 11.4. The number of carbonyl (C=O) groups is 2. The molecule has 1 heterocycles. The van der Waals surface area contributed by atoms with E-state index in [1.165, 1.54) is 17.7 Å². The first-order valence-electron chi connectivity index (χ1n) is 6.89. The molecule has 0 aliphatic carbocycles. The van der Waals surface area contributed by atoms with Gasteiger partial charge in [0.1, 0.15) is 11.3 Å². The van der Waals surface area contributed by atoms with Crippen molar-refractivity contribution in [2.24, 2.45) is 0 Å². The van der Waals surface area contributed by atoms with Gasteiger partial charge in [0.15, 0.2) is 0 Å². The maximum absolute atomic E-state index is 12.6. The van der Waals surface area contributed by atoms with Crippen LogP contribution >= 0.6 is 27.5 Å². The van der Waals surface area contributed by atoms with Crippen molar-refractivity contribution in [3.05, 3.63) is 34.5 Å². The summed E-state index contributed by atoms with van der Waals surface area (Å²) in [4.78, 5) is 24.6. The molecule has 1 aromatic carbocycles. The lowest BCUT2D eigenvalue weighted by Crippen LogP contribution is -2.29. The number of halogens is 2. The van der Waals surface area contributed by atoms with Crippen molar-refractivity contribution >= 4 is 50.5 Å². The van der Waals surface area contributed by atoms with Gasteiger partial charge in [-0.1, -0.05) is 27.5 Å². The second-order valence-corrected chi connectivity index (χ2v) is 6.95. The van der Waals surface area contributed by atoms with Gasteiger partial charge in [-0.25, -0.2) is 14.2 Å². The SMILES string of the molecule is COC(=O)c1cc2c(Cl)cc(CBr)cc2n1C(=O)OC(C)(C)C. The van der Waals surface area contributed by atoms with E-state index in [0.717, 1.165) is 5.56 Å². The molecular formula is C16H17BrClNO4. The van der Waals surface area contributed by atoms with E-state index in [2.05, 4.69) is 15.9 Å². The molecule has 0 amide bonds. The number of hydrogen-bond donors (Lipinski definition) is 0. The number of methoxy groups -OCH3 is 1. The topological polar surface area (TPSA) is 57.5 Å². The highest BCUT2D eigenvalue weighted by Crippen LogP contribution is 2.30. The van der Waals surface area contributed by atoms with Crippen LogP contribution in [0.2, 0.25) is 5.02 Å². The number of nitrogens with zero attached hydrogens (tertiary/aromatic N) is 1. The first-order chi connectivity index (χ1) is 10.7. The van der Waals surface area contributed by atoms with Crippen LogP contribution in [-0.2, 0) is 14.8 Å². The van der Waals surface area contributed by atoms with Crippen LogP contribution in [0, 0.1) is 0 Å². The maximum Gasteiger partial charge on any atom is 0.419 e. The van der Waals surface area contributed by atoms with Gasteiger partial charge in [-0.05, 0) is 44.5 Å². The number of alkyl halides is 1. The molecule has 0 spiro atoms. The molecule has 0 saturated heterocycles. The molecular weight excluding hydrogens is 386 g/mol. The van der Waals surface area contributed by atoms with Crippen LogP contribution in [0.1, 0.15) is 36.8 Å². The Morgan fingerprint density at radius 2 is 1.91 bits per heavy atom. The molecule has 0 N–H and O–H groups in total. The molecule has 0 aliphatic rings. The fourth-order valence-corrected chi connectivity index (χ4v) is 2.77. The third-order valence-corrected chi connectivity index (χ3v) is 4.02. The van der Waals surface area contributed by atoms with E-state index < -0.39 is 17.7 Å². The lowest BCUT2D eigenvalue weighted by atomic mass is 10.2. The number of esters is 1. The molecule has 0 fully saturated rings. The van der Waals surface area contributed by atoms with E-state index >= 15 is 0 Å². The molecule has 0 radical (unpaired) electrons. The molecule has 1 aromatic heterocycles. The molecule has 5 nitrogen and oxygen atoms in total. The van der Waals surface area contributed by atoms with Crippen LogP contribution in [0.15, 0.2) is 18.2 Å². The van der Waals surface area contributed by atoms with Crippen molar-refractivity contribution in [2.75, 3.05) is 7.11 Å². The van der Waals surface area contributed by atoms with E-state index in [1.807, 2.05) is 0 Å². The zero-order valence-corrected chi connectivity index (χ0v) is 15.6. The minimum absolute atomic E-state index is 0.0744. The lowest BCUT2D eigenvalue weighted by Gasteiger charge is -2.20. The van der Waals surface area contributed by atoms with Crippen LogP contribution < -0.4 is 0 Å². The molecule has 23 heavy (non-hydrogen) atoms. The van der Waals surface area contributed by atoms with Crippen molar-refractivity contribution in [2.45, 2.75) is 31.7 Å². The molecule has 0 saturated carbocycles. The normalized spacial score (nSPS) is 11.6. The van der Waals surface area contributed by atoms with Crippen molar-refractivity contribution in [1.82, 2.24) is 4.57 Å². The zero-order chi connectivity index (χ0) is 17.4. The predicted molar refractivity (Wildman–Crippen MR) is 92.6 cm³/mol. The van der Waals surface area contributed by atoms with Crippen molar-refractivity contribution in [1.29, 1.82) is 0 Å². The Morgan fingerprint density at radius 1 is 1.26 bits per heavy atom. The molecule has 2 aromatic rings. The molecule has 0 atom stereocenters. The van der Waals surface area contributed by atoms with E-state index in [1.54, 1.807) is 32.9 Å². The first-order valence-corrected chi connectivity index (χ1v) is 8.39. The largest absolute Gasteiger partial charge is 0.464 e. The second kappa shape index (κ2) is 6.53. The quantitative estimate of drug-likeness (QED) is 0.537. The van der Waals surface area contributed by atoms with Crippen LogP contribution in [0.5, 0.6) is 0 Å². The Bertz CT molecular complexity index is 776. The van der Waals surface area contributed by atoms with Gasteiger partial charge in [0.25, 0.3) is 0 Å². The Labute approximate surface area is 147 Å². The minimum atomic E-state index is -0.697. The van der Waals surface area contributed by atoms with E-state index in [9.17, 15) is 9.59 Å². The number of hydrogen-bond acceptors (Lipinski definition) is 4. The van der Waals surface area contributed by atoms with E-state index in [4.69, 9.17) is 21.1 Å². The summed E-state index contributed by atoms with van der Waals surface area (Å²) in [6, 6.07) is 5.09. The summed E-state index contributed by atoms with van der Waals surface area (Å²) in [7, 11) is 1.25. The molecule has 7 heteroatoms. The molecule has 2 rings (SSSR count). The monoisotopic (exact) mass is 401 g/mol. The van der Waals surface area contributed by atoms with E-state index in [0.29, 0.717) is 21.3 Å². The Balaban J connectivity index is 2.74. The second-order valence-electron chi connectivity index (χ2n) is 5.98. The van der Waals surface area contributed by atoms with Crippen molar-refractivity contribution in [3.63, 3.8) is 0 Å². The number of carbonyl (C=O) groups excluding carboxylic acids is 2. The van der Waals surface area contributed by atoms with Gasteiger partial charge in [0, 0.05) is 10.7 Å². The van der Waals surface area contributed by atoms with Gasteiger partial charge >= 0.3 is 12.1 Å². The molecule has 0 unspecified atom stereocenters. The third-order valence-electron chi connectivity index (χ3n) is 3.06. The Hall–Kier alpha value is -1.53.